The van der Waals surface area contributed by atoms with Gasteiger partial charge in [0.05, 0.1) is 0 Å². The van der Waals surface area contributed by atoms with E-state index in [0.29, 0.717) is 0 Å². The Bertz CT molecular complexity index is 3730. The third kappa shape index (κ3) is 6.13. The lowest BCUT2D eigenvalue weighted by Gasteiger charge is -2.25. The summed E-state index contributed by atoms with van der Waals surface area (Å²) in [6.45, 7) is 0. The molecular formula is C60H41N3O. The van der Waals surface area contributed by atoms with Crippen LogP contribution in [0.25, 0.3) is 76.5 Å². The van der Waals surface area contributed by atoms with Crippen LogP contribution in [0.5, 0.6) is 0 Å². The topological polar surface area (TPSA) is 49.9 Å². The van der Waals surface area contributed by atoms with Crippen LogP contribution in [0.2, 0.25) is 0 Å². The van der Waals surface area contributed by atoms with E-state index in [1.165, 1.54) is 60.1 Å². The van der Waals surface area contributed by atoms with Crippen molar-refractivity contribution in [2.24, 2.45) is 9.98 Å². The molecule has 0 saturated carbocycles. The molecule has 302 valence electrons. The number of furan rings is 1. The molecule has 2 unspecified atom stereocenters. The fraction of sp³-hybridized carbons (Fsp3) is 0.0667. The first-order valence-electron chi connectivity index (χ1n) is 22.2. The third-order valence-electron chi connectivity index (χ3n) is 13.5. The molecule has 1 aliphatic carbocycles. The quantitative estimate of drug-likeness (QED) is 0.176. The maximum Gasteiger partial charge on any atom is 0.169 e. The summed E-state index contributed by atoms with van der Waals surface area (Å²) in [7, 11) is 0. The molecule has 2 atom stereocenters. The number of nitrogens with zero attached hydrogens (tertiary/aromatic N) is 2. The minimum absolute atomic E-state index is 0.120. The number of hydrogen-bond donors (Lipinski definition) is 1. The number of nitrogens with one attached hydrogen (secondary N) is 1. The van der Waals surface area contributed by atoms with Crippen LogP contribution in [-0.4, -0.2) is 11.7 Å². The van der Waals surface area contributed by atoms with E-state index in [9.17, 15) is 0 Å². The molecule has 1 aliphatic heterocycles. The molecule has 0 fully saturated rings. The predicted molar refractivity (Wildman–Crippen MR) is 266 cm³/mol. The summed E-state index contributed by atoms with van der Waals surface area (Å²) in [5, 5.41) is 13.3. The lowest BCUT2D eigenvalue weighted by molar-refractivity contribution is 0.665. The fourth-order valence-electron chi connectivity index (χ4n) is 10.4. The van der Waals surface area contributed by atoms with Crippen LogP contribution in [0.1, 0.15) is 51.9 Å². The zero-order valence-electron chi connectivity index (χ0n) is 35.0. The summed E-state index contributed by atoms with van der Waals surface area (Å²) in [6, 6.07) is 74.5. The number of aryl methyl sites for hydroxylation is 1. The molecule has 10 aromatic carbocycles. The first-order chi connectivity index (χ1) is 31.7. The molecule has 11 aromatic rings. The minimum atomic E-state index is -0.499. The van der Waals surface area contributed by atoms with Crippen molar-refractivity contribution in [1.82, 2.24) is 5.32 Å². The second kappa shape index (κ2) is 14.8. The Labute approximate surface area is 370 Å². The Morgan fingerprint density at radius 3 is 2.05 bits per heavy atom. The van der Waals surface area contributed by atoms with E-state index in [2.05, 4.69) is 206 Å². The fourth-order valence-corrected chi connectivity index (χ4v) is 10.4. The van der Waals surface area contributed by atoms with Crippen molar-refractivity contribution in [1.29, 1.82) is 0 Å². The summed E-state index contributed by atoms with van der Waals surface area (Å²) in [5.74, 6) is 1.67. The number of aliphatic imine (C=N–C) groups is 2. The second-order valence-electron chi connectivity index (χ2n) is 17.2. The summed E-state index contributed by atoms with van der Waals surface area (Å²) in [6.07, 6.45) is 1.42. The second-order valence-corrected chi connectivity index (χ2v) is 17.2. The van der Waals surface area contributed by atoms with E-state index < -0.39 is 6.17 Å². The van der Waals surface area contributed by atoms with Crippen molar-refractivity contribution < 1.29 is 4.42 Å². The van der Waals surface area contributed by atoms with Gasteiger partial charge in [-0.3, -0.25) is 0 Å². The molecule has 2 heterocycles. The van der Waals surface area contributed by atoms with E-state index in [4.69, 9.17) is 14.4 Å². The highest BCUT2D eigenvalue weighted by molar-refractivity contribution is 6.24. The largest absolute Gasteiger partial charge is 0.456 e. The molecule has 1 aromatic heterocycles. The maximum atomic E-state index is 6.81. The summed E-state index contributed by atoms with van der Waals surface area (Å²) < 4.78 is 6.81. The standard InChI is InChI=1S/C60H41N3O/c1-2-13-37(14-3-1)39-18-12-19-44(32-39)58-61-59(45-28-30-48-42(33-45)26-25-38-15-6-7-20-47(38)48)63-60(62-58)54-35-46(36-56-57(54)52-23-10-11-24-55(52)64-56)49-29-27-43-31-40-16-4-5-17-41(40)34-53(43)51-22-9-8-21-50(49)51/h1-26,28,30-36,49,58H,27,29H2,(H,61,62,63). The van der Waals surface area contributed by atoms with Gasteiger partial charge in [-0.15, -0.1) is 0 Å². The van der Waals surface area contributed by atoms with Gasteiger partial charge in [0, 0.05) is 27.8 Å². The zero-order valence-corrected chi connectivity index (χ0v) is 35.0. The zero-order chi connectivity index (χ0) is 42.1. The number of benzene rings is 10. The first-order valence-corrected chi connectivity index (χ1v) is 22.2. The molecule has 64 heavy (non-hydrogen) atoms. The Balaban J connectivity index is 1.00. The number of rotatable bonds is 5. The smallest absolute Gasteiger partial charge is 0.169 e. The Kier molecular flexibility index (Phi) is 8.45. The van der Waals surface area contributed by atoms with Crippen molar-refractivity contribution in [3.8, 4) is 22.3 Å². The SMILES string of the molecule is c1ccc(-c2cccc(C3N=C(c4ccc5c(ccc6ccccc65)c4)NC(c4cc(C5CCc6cc7ccccc7cc6-c6ccccc65)cc5oc6ccccc6c45)=N3)c2)cc1. The van der Waals surface area contributed by atoms with E-state index in [-0.39, 0.29) is 5.92 Å². The minimum Gasteiger partial charge on any atom is -0.456 e. The van der Waals surface area contributed by atoms with Crippen molar-refractivity contribution in [2.45, 2.75) is 24.9 Å². The van der Waals surface area contributed by atoms with E-state index in [1.807, 2.05) is 6.07 Å². The molecule has 0 radical (unpaired) electrons. The van der Waals surface area contributed by atoms with Gasteiger partial charge in [-0.05, 0) is 126 Å². The van der Waals surface area contributed by atoms with Crippen LogP contribution in [0.3, 0.4) is 0 Å². The van der Waals surface area contributed by atoms with Crippen LogP contribution in [0.4, 0.5) is 0 Å². The third-order valence-corrected chi connectivity index (χ3v) is 13.5. The van der Waals surface area contributed by atoms with Gasteiger partial charge in [-0.1, -0.05) is 170 Å². The predicted octanol–water partition coefficient (Wildman–Crippen LogP) is 15.0. The van der Waals surface area contributed by atoms with Crippen LogP contribution >= 0.6 is 0 Å². The first kappa shape index (κ1) is 36.6. The lowest BCUT2D eigenvalue weighted by Crippen LogP contribution is -2.36. The Hall–Kier alpha value is -8.08. The average Bonchev–Trinajstić information content (AvgIpc) is 3.66. The van der Waals surface area contributed by atoms with Gasteiger partial charge in [-0.2, -0.15) is 0 Å². The molecule has 0 bridgehead atoms. The monoisotopic (exact) mass is 819 g/mol. The van der Waals surface area contributed by atoms with E-state index >= 15 is 0 Å². The van der Waals surface area contributed by atoms with Gasteiger partial charge >= 0.3 is 0 Å². The number of para-hydroxylation sites is 1. The molecule has 1 N–H and O–H groups in total. The summed E-state index contributed by atoms with van der Waals surface area (Å²) in [4.78, 5) is 11.0. The molecule has 0 amide bonds. The van der Waals surface area contributed by atoms with Gasteiger partial charge in [0.1, 0.15) is 22.8 Å². The molecule has 4 nitrogen and oxygen atoms in total. The summed E-state index contributed by atoms with van der Waals surface area (Å²) >= 11 is 0. The molecule has 2 aliphatic rings. The molecule has 13 rings (SSSR count). The van der Waals surface area contributed by atoms with E-state index in [1.54, 1.807) is 0 Å². The van der Waals surface area contributed by atoms with E-state index in [0.717, 1.165) is 74.3 Å². The van der Waals surface area contributed by atoms with Crippen molar-refractivity contribution in [2.75, 3.05) is 0 Å². The molecule has 0 saturated heterocycles. The van der Waals surface area contributed by atoms with Crippen molar-refractivity contribution in [3.05, 3.63) is 240 Å². The highest BCUT2D eigenvalue weighted by atomic mass is 16.3. The molecule has 4 heteroatoms. The molecule has 0 spiro atoms. The highest BCUT2D eigenvalue weighted by Gasteiger charge is 2.29. The van der Waals surface area contributed by atoms with Gasteiger partial charge in [0.2, 0.25) is 0 Å². The average molecular weight is 820 g/mol. The highest BCUT2D eigenvalue weighted by Crippen LogP contribution is 2.45. The van der Waals surface area contributed by atoms with Crippen molar-refractivity contribution in [3.63, 3.8) is 0 Å². The number of amidine groups is 2. The Morgan fingerprint density at radius 1 is 0.422 bits per heavy atom. The van der Waals surface area contributed by atoms with Gasteiger partial charge in [-0.25, -0.2) is 9.98 Å². The lowest BCUT2D eigenvalue weighted by atomic mass is 9.84. The summed E-state index contributed by atoms with van der Waals surface area (Å²) in [5.41, 5.74) is 13.6. The van der Waals surface area contributed by atoms with Crippen LogP contribution in [0, 0.1) is 0 Å². The van der Waals surface area contributed by atoms with Gasteiger partial charge in [0.15, 0.2) is 6.17 Å². The number of hydrogen-bond acceptors (Lipinski definition) is 4. The Morgan fingerprint density at radius 2 is 1.14 bits per heavy atom. The van der Waals surface area contributed by atoms with Crippen LogP contribution < -0.4 is 5.32 Å². The van der Waals surface area contributed by atoms with Gasteiger partial charge in [0.25, 0.3) is 0 Å². The normalized spacial score (nSPS) is 16.0. The molecular weight excluding hydrogens is 779 g/mol. The maximum absolute atomic E-state index is 6.81. The van der Waals surface area contributed by atoms with Crippen LogP contribution in [-0.2, 0) is 6.42 Å². The number of fused-ring (bicyclic) bond motifs is 10. The van der Waals surface area contributed by atoms with Gasteiger partial charge < -0.3 is 9.73 Å². The van der Waals surface area contributed by atoms with Crippen molar-refractivity contribution >= 4 is 65.9 Å². The van der Waals surface area contributed by atoms with Crippen LogP contribution in [0.15, 0.2) is 221 Å².